The van der Waals surface area contributed by atoms with Crippen LogP contribution in [0, 0.1) is 0 Å². The van der Waals surface area contributed by atoms with Crippen LogP contribution in [0.4, 0.5) is 0 Å². The highest BCUT2D eigenvalue weighted by molar-refractivity contribution is 6.54. The van der Waals surface area contributed by atoms with Crippen molar-refractivity contribution in [3.63, 3.8) is 0 Å². The minimum Gasteiger partial charge on any atom is -0.366 e. The molecule has 1 N–H and O–H groups in total. The Morgan fingerprint density at radius 2 is 1.30 bits per heavy atom. The second-order valence-corrected chi connectivity index (χ2v) is 6.85. The first-order valence-electron chi connectivity index (χ1n) is 3.57. The molecule has 0 aliphatic carbocycles. The number of hydrogen-bond acceptors (Lipinski definition) is 2. The zero-order valence-electron chi connectivity index (χ0n) is 7.93. The maximum atomic E-state index is 8.60. The van der Waals surface area contributed by atoms with Gasteiger partial charge in [-0.1, -0.05) is 19.6 Å². The van der Waals surface area contributed by atoms with Gasteiger partial charge in [-0.05, 0) is 13.8 Å². The Balaban J connectivity index is 0. The first-order valence-corrected chi connectivity index (χ1v) is 7.03. The van der Waals surface area contributed by atoms with Crippen LogP contribution in [-0.2, 0) is 4.74 Å². The Morgan fingerprint density at radius 1 is 1.20 bits per heavy atom. The van der Waals surface area contributed by atoms with E-state index in [0.717, 1.165) is 0 Å². The molecule has 0 bridgehead atoms. The molecule has 0 aromatic rings. The van der Waals surface area contributed by atoms with Gasteiger partial charge in [-0.2, -0.15) is 0 Å². The molecule has 0 aliphatic rings. The van der Waals surface area contributed by atoms with Crippen LogP contribution in [0.25, 0.3) is 0 Å². The van der Waals surface area contributed by atoms with E-state index in [9.17, 15) is 0 Å². The summed E-state index contributed by atoms with van der Waals surface area (Å²) in [5.74, 6) is -0.958. The van der Waals surface area contributed by atoms with Gasteiger partial charge < -0.3 is 9.84 Å². The summed E-state index contributed by atoms with van der Waals surface area (Å²) in [5.41, 5.74) is 0. The van der Waals surface area contributed by atoms with E-state index in [1.807, 2.05) is 0 Å². The van der Waals surface area contributed by atoms with Crippen molar-refractivity contribution in [1.82, 2.24) is 0 Å². The molecule has 0 amide bonds. The monoisotopic (exact) mass is 164 g/mol. The lowest BCUT2D eigenvalue weighted by atomic mass is 10.4. The standard InChI is InChI=1S/C4H10O2.C3H10Si/c1-4(2,5)6-3;1-4(2)3/h5H,1-3H3;4H,1-3H3. The van der Waals surface area contributed by atoms with Crippen LogP contribution in [0.3, 0.4) is 0 Å². The molecule has 3 heteroatoms. The van der Waals surface area contributed by atoms with Gasteiger partial charge in [-0.25, -0.2) is 0 Å². The highest BCUT2D eigenvalue weighted by Gasteiger charge is 2.06. The Labute approximate surface area is 65.8 Å². The molecule has 0 saturated heterocycles. The molecule has 0 atom stereocenters. The maximum Gasteiger partial charge on any atom is 0.159 e. The minimum atomic E-state index is -0.958. The van der Waals surface area contributed by atoms with Crippen molar-refractivity contribution < 1.29 is 9.84 Å². The van der Waals surface area contributed by atoms with Crippen molar-refractivity contribution in [3.8, 4) is 0 Å². The van der Waals surface area contributed by atoms with Gasteiger partial charge >= 0.3 is 0 Å². The van der Waals surface area contributed by atoms with Crippen molar-refractivity contribution in [2.45, 2.75) is 39.3 Å². The quantitative estimate of drug-likeness (QED) is 0.470. The molecule has 0 heterocycles. The summed E-state index contributed by atoms with van der Waals surface area (Å²) in [5, 5.41) is 8.60. The number of rotatable bonds is 1. The van der Waals surface area contributed by atoms with Crippen molar-refractivity contribution in [3.05, 3.63) is 0 Å². The fourth-order valence-corrected chi connectivity index (χ4v) is 0. The van der Waals surface area contributed by atoms with E-state index in [-0.39, 0.29) is 8.80 Å². The highest BCUT2D eigenvalue weighted by Crippen LogP contribution is 1.97. The second-order valence-electron chi connectivity index (χ2n) is 3.38. The zero-order chi connectivity index (χ0) is 8.78. The molecule has 2 nitrogen and oxygen atoms in total. The van der Waals surface area contributed by atoms with Gasteiger partial charge in [0, 0.05) is 15.9 Å². The summed E-state index contributed by atoms with van der Waals surface area (Å²) in [6.45, 7) is 10.1. The Hall–Kier alpha value is 0.137. The van der Waals surface area contributed by atoms with Gasteiger partial charge in [-0.3, -0.25) is 0 Å². The number of methoxy groups -OCH3 is 1. The molecule has 0 radical (unpaired) electrons. The van der Waals surface area contributed by atoms with Crippen molar-refractivity contribution >= 4 is 8.80 Å². The Kier molecular flexibility index (Phi) is 7.52. The lowest BCUT2D eigenvalue weighted by Gasteiger charge is -2.12. The van der Waals surface area contributed by atoms with Crippen LogP contribution in [0.5, 0.6) is 0 Å². The Bertz CT molecular complexity index is 63.7. The third kappa shape index (κ3) is 42.1. The van der Waals surface area contributed by atoms with Crippen LogP contribution >= 0.6 is 0 Å². The number of hydrogen-bond donors (Lipinski definition) is 1. The summed E-state index contributed by atoms with van der Waals surface area (Å²) in [6.07, 6.45) is 0. The summed E-state index contributed by atoms with van der Waals surface area (Å²) < 4.78 is 4.49. The summed E-state index contributed by atoms with van der Waals surface area (Å²) in [7, 11) is 1.32. The van der Waals surface area contributed by atoms with E-state index in [4.69, 9.17) is 5.11 Å². The van der Waals surface area contributed by atoms with Crippen LogP contribution < -0.4 is 0 Å². The van der Waals surface area contributed by atoms with Gasteiger partial charge in [0.05, 0.1) is 0 Å². The smallest absolute Gasteiger partial charge is 0.159 e. The minimum absolute atomic E-state index is 0.139. The molecule has 64 valence electrons. The molecule has 0 aromatic heterocycles. The van der Waals surface area contributed by atoms with E-state index in [2.05, 4.69) is 24.4 Å². The fourth-order valence-electron chi connectivity index (χ4n) is 0. The average Bonchev–Trinajstić information content (AvgIpc) is 1.63. The predicted octanol–water partition coefficient (Wildman–Crippen LogP) is 1.46. The van der Waals surface area contributed by atoms with Gasteiger partial charge in [0.2, 0.25) is 0 Å². The van der Waals surface area contributed by atoms with E-state index < -0.39 is 5.79 Å². The van der Waals surface area contributed by atoms with Gasteiger partial charge in [-0.15, -0.1) is 0 Å². The van der Waals surface area contributed by atoms with E-state index in [0.29, 0.717) is 0 Å². The molecule has 0 rings (SSSR count). The first-order chi connectivity index (χ1) is 4.29. The normalized spacial score (nSPS) is 10.8. The fraction of sp³-hybridized carbons (Fsp3) is 1.00. The molecule has 0 aromatic carbocycles. The highest BCUT2D eigenvalue weighted by atomic mass is 28.3. The van der Waals surface area contributed by atoms with Crippen molar-refractivity contribution in [1.29, 1.82) is 0 Å². The van der Waals surface area contributed by atoms with Gasteiger partial charge in [0.1, 0.15) is 0 Å². The topological polar surface area (TPSA) is 29.5 Å². The van der Waals surface area contributed by atoms with Crippen molar-refractivity contribution in [2.75, 3.05) is 7.11 Å². The van der Waals surface area contributed by atoms with Crippen LogP contribution in [0.1, 0.15) is 13.8 Å². The molecule has 10 heavy (non-hydrogen) atoms. The first kappa shape index (κ1) is 12.8. The van der Waals surface area contributed by atoms with Gasteiger partial charge in [0.15, 0.2) is 5.79 Å². The molecule has 0 unspecified atom stereocenters. The molecule has 0 aliphatic heterocycles. The lowest BCUT2D eigenvalue weighted by Crippen LogP contribution is -2.20. The van der Waals surface area contributed by atoms with Crippen LogP contribution in [-0.4, -0.2) is 26.8 Å². The summed E-state index contributed by atoms with van der Waals surface area (Å²) in [6, 6.07) is 0. The van der Waals surface area contributed by atoms with Gasteiger partial charge in [0.25, 0.3) is 0 Å². The maximum absolute atomic E-state index is 8.60. The Morgan fingerprint density at radius 3 is 1.30 bits per heavy atom. The average molecular weight is 164 g/mol. The van der Waals surface area contributed by atoms with E-state index in [1.54, 1.807) is 13.8 Å². The largest absolute Gasteiger partial charge is 0.366 e. The van der Waals surface area contributed by atoms with E-state index >= 15 is 0 Å². The third-order valence-electron chi connectivity index (χ3n) is 0.500. The molecular weight excluding hydrogens is 144 g/mol. The predicted molar refractivity (Wildman–Crippen MR) is 48.0 cm³/mol. The van der Waals surface area contributed by atoms with Crippen LogP contribution in [0.2, 0.25) is 19.6 Å². The van der Waals surface area contributed by atoms with Crippen molar-refractivity contribution in [2.24, 2.45) is 0 Å². The SMILES string of the molecule is COC(C)(C)O.C[SiH](C)C. The second kappa shape index (κ2) is 5.89. The molecule has 0 fully saturated rings. The number of aliphatic hydroxyl groups is 1. The molecular formula is C7H20O2Si. The molecule has 0 spiro atoms. The van der Waals surface area contributed by atoms with E-state index in [1.165, 1.54) is 7.11 Å². The summed E-state index contributed by atoms with van der Waals surface area (Å²) in [4.78, 5) is 0. The molecule has 0 saturated carbocycles. The zero-order valence-corrected chi connectivity index (χ0v) is 9.09. The lowest BCUT2D eigenvalue weighted by molar-refractivity contribution is -0.155. The summed E-state index contributed by atoms with van der Waals surface area (Å²) >= 11 is 0. The third-order valence-corrected chi connectivity index (χ3v) is 0.500. The number of ether oxygens (including phenoxy) is 1. The van der Waals surface area contributed by atoms with Crippen LogP contribution in [0.15, 0.2) is 0 Å².